The van der Waals surface area contributed by atoms with E-state index < -0.39 is 0 Å². The maximum atomic E-state index is 6.36. The van der Waals surface area contributed by atoms with Crippen LogP contribution in [-0.4, -0.2) is 9.97 Å². The van der Waals surface area contributed by atoms with Gasteiger partial charge in [-0.05, 0) is 35.4 Å². The van der Waals surface area contributed by atoms with Gasteiger partial charge >= 0.3 is 0 Å². The van der Waals surface area contributed by atoms with Crippen molar-refractivity contribution < 1.29 is 4.74 Å². The Morgan fingerprint density at radius 2 is 1.75 bits per heavy atom. The Hall–Kier alpha value is -1.52. The van der Waals surface area contributed by atoms with Crippen LogP contribution < -0.4 is 0 Å². The van der Waals surface area contributed by atoms with Crippen LogP contribution in [0.3, 0.4) is 0 Å². The second-order valence-electron chi connectivity index (χ2n) is 5.37. The zero-order valence-electron chi connectivity index (χ0n) is 12.7. The fourth-order valence-electron chi connectivity index (χ4n) is 2.39. The van der Waals surface area contributed by atoms with Crippen LogP contribution in [0.1, 0.15) is 22.9 Å². The molecule has 3 rings (SSSR count). The molecule has 0 bridgehead atoms. The van der Waals surface area contributed by atoms with Crippen LogP contribution in [0, 0.1) is 0 Å². The highest BCUT2D eigenvalue weighted by molar-refractivity contribution is 6.35. The molecule has 24 heavy (non-hydrogen) atoms. The highest BCUT2D eigenvalue weighted by Gasteiger charge is 2.17. The van der Waals surface area contributed by atoms with E-state index >= 15 is 0 Å². The van der Waals surface area contributed by atoms with Crippen LogP contribution in [-0.2, 0) is 17.8 Å². The molecule has 124 valence electrons. The predicted octanol–water partition coefficient (Wildman–Crippen LogP) is 5.87. The third-order valence-corrected chi connectivity index (χ3v) is 4.45. The number of benzene rings is 2. The van der Waals surface area contributed by atoms with E-state index in [0.29, 0.717) is 28.1 Å². The van der Waals surface area contributed by atoms with Crippen molar-refractivity contribution in [1.82, 2.24) is 9.97 Å². The first-order valence-corrected chi connectivity index (χ1v) is 8.53. The first kappa shape index (κ1) is 17.3. The molecule has 0 amide bonds. The molecule has 6 heteroatoms. The number of H-pyrrole nitrogens is 1. The van der Waals surface area contributed by atoms with Gasteiger partial charge in [-0.3, -0.25) is 0 Å². The van der Waals surface area contributed by atoms with Gasteiger partial charge in [0.1, 0.15) is 0 Å². The Morgan fingerprint density at radius 1 is 1.00 bits per heavy atom. The largest absolute Gasteiger partial charge is 0.368 e. The van der Waals surface area contributed by atoms with Crippen molar-refractivity contribution in [2.45, 2.75) is 19.1 Å². The maximum absolute atomic E-state index is 6.36. The van der Waals surface area contributed by atoms with Gasteiger partial charge in [0.05, 0.1) is 19.0 Å². The average molecular weight is 382 g/mol. The van der Waals surface area contributed by atoms with Crippen molar-refractivity contribution in [2.24, 2.45) is 0 Å². The van der Waals surface area contributed by atoms with Crippen LogP contribution in [0.4, 0.5) is 0 Å². The minimum atomic E-state index is -0.217. The Bertz CT molecular complexity index is 789. The van der Waals surface area contributed by atoms with Gasteiger partial charge < -0.3 is 9.72 Å². The van der Waals surface area contributed by atoms with Crippen molar-refractivity contribution in [1.29, 1.82) is 0 Å². The minimum Gasteiger partial charge on any atom is -0.368 e. The number of imidazole rings is 1. The molecule has 0 aliphatic rings. The SMILES string of the molecule is Clc1ccc(COC(Cc2cnc[nH]2)c2ccc(Cl)cc2Cl)cc1. The van der Waals surface area contributed by atoms with Crippen molar-refractivity contribution >= 4 is 34.8 Å². The molecule has 0 saturated carbocycles. The zero-order chi connectivity index (χ0) is 16.9. The summed E-state index contributed by atoms with van der Waals surface area (Å²) in [7, 11) is 0. The van der Waals surface area contributed by atoms with E-state index in [9.17, 15) is 0 Å². The van der Waals surface area contributed by atoms with E-state index in [1.54, 1.807) is 18.6 Å². The average Bonchev–Trinajstić information content (AvgIpc) is 3.06. The molecular formula is C18H15Cl3N2O. The van der Waals surface area contributed by atoms with E-state index in [1.165, 1.54) is 0 Å². The molecule has 1 aromatic heterocycles. The van der Waals surface area contributed by atoms with Crippen LogP contribution in [0.5, 0.6) is 0 Å². The summed E-state index contributed by atoms with van der Waals surface area (Å²) in [6.07, 6.45) is 3.85. The smallest absolute Gasteiger partial charge is 0.0921 e. The molecule has 1 heterocycles. The molecule has 0 radical (unpaired) electrons. The lowest BCUT2D eigenvalue weighted by molar-refractivity contribution is 0.0394. The second kappa shape index (κ2) is 8.04. The lowest BCUT2D eigenvalue weighted by Crippen LogP contribution is -2.09. The van der Waals surface area contributed by atoms with Gasteiger partial charge in [-0.25, -0.2) is 4.98 Å². The molecule has 1 unspecified atom stereocenters. The van der Waals surface area contributed by atoms with Gasteiger partial charge in [-0.15, -0.1) is 0 Å². The first-order valence-electron chi connectivity index (χ1n) is 7.40. The van der Waals surface area contributed by atoms with Gasteiger partial charge in [0.25, 0.3) is 0 Å². The normalized spacial score (nSPS) is 12.3. The van der Waals surface area contributed by atoms with Crippen molar-refractivity contribution in [3.63, 3.8) is 0 Å². The summed E-state index contributed by atoms with van der Waals surface area (Å²) in [5.74, 6) is 0. The van der Waals surface area contributed by atoms with E-state index in [2.05, 4.69) is 9.97 Å². The molecule has 0 fully saturated rings. The Labute approximate surface area is 155 Å². The summed E-state index contributed by atoms with van der Waals surface area (Å²) in [6.45, 7) is 0.453. The second-order valence-corrected chi connectivity index (χ2v) is 6.65. The number of nitrogens with zero attached hydrogens (tertiary/aromatic N) is 1. The number of aromatic nitrogens is 2. The third kappa shape index (κ3) is 4.52. The summed E-state index contributed by atoms with van der Waals surface area (Å²) < 4.78 is 6.13. The number of halogens is 3. The molecule has 3 aromatic rings. The summed E-state index contributed by atoms with van der Waals surface area (Å²) in [5.41, 5.74) is 2.91. The number of nitrogens with one attached hydrogen (secondary N) is 1. The fraction of sp³-hybridized carbons (Fsp3) is 0.167. The number of ether oxygens (including phenoxy) is 1. The summed E-state index contributed by atoms with van der Waals surface area (Å²) in [4.78, 5) is 7.15. The summed E-state index contributed by atoms with van der Waals surface area (Å²) >= 11 is 18.3. The number of rotatable bonds is 6. The number of hydrogen-bond donors (Lipinski definition) is 1. The fourth-order valence-corrected chi connectivity index (χ4v) is 3.05. The molecule has 3 nitrogen and oxygen atoms in total. The molecule has 0 spiro atoms. The van der Waals surface area contributed by atoms with Crippen LogP contribution in [0.15, 0.2) is 55.0 Å². The van der Waals surface area contributed by atoms with Crippen LogP contribution in [0.2, 0.25) is 15.1 Å². The highest BCUT2D eigenvalue weighted by Crippen LogP contribution is 2.31. The third-order valence-electron chi connectivity index (χ3n) is 3.63. The van der Waals surface area contributed by atoms with Crippen molar-refractivity contribution in [2.75, 3.05) is 0 Å². The molecule has 1 N–H and O–H groups in total. The minimum absolute atomic E-state index is 0.217. The molecule has 0 saturated heterocycles. The number of hydrogen-bond acceptors (Lipinski definition) is 2. The highest BCUT2D eigenvalue weighted by atomic mass is 35.5. The zero-order valence-corrected chi connectivity index (χ0v) is 14.9. The van der Waals surface area contributed by atoms with Crippen molar-refractivity contribution in [3.8, 4) is 0 Å². The Balaban J connectivity index is 1.80. The standard InChI is InChI=1S/C18H15Cl3N2O/c19-13-3-1-12(2-4-13)10-24-18(8-15-9-22-11-23-15)16-6-5-14(20)7-17(16)21/h1-7,9,11,18H,8,10H2,(H,22,23). The van der Waals surface area contributed by atoms with Gasteiger partial charge in [-0.2, -0.15) is 0 Å². The van der Waals surface area contributed by atoms with Crippen molar-refractivity contribution in [3.05, 3.63) is 86.9 Å². The van der Waals surface area contributed by atoms with E-state index in [-0.39, 0.29) is 6.10 Å². The van der Waals surface area contributed by atoms with E-state index in [4.69, 9.17) is 39.5 Å². The topological polar surface area (TPSA) is 37.9 Å². The monoisotopic (exact) mass is 380 g/mol. The van der Waals surface area contributed by atoms with E-state index in [1.807, 2.05) is 36.4 Å². The number of aromatic amines is 1. The lowest BCUT2D eigenvalue weighted by Gasteiger charge is -2.19. The molecule has 0 aliphatic heterocycles. The van der Waals surface area contributed by atoms with Crippen LogP contribution >= 0.6 is 34.8 Å². The molecule has 1 atom stereocenters. The van der Waals surface area contributed by atoms with Gasteiger partial charge in [0.15, 0.2) is 0 Å². The van der Waals surface area contributed by atoms with Gasteiger partial charge in [-0.1, -0.05) is 53.0 Å². The summed E-state index contributed by atoms with van der Waals surface area (Å²) in [5, 5.41) is 1.89. The lowest BCUT2D eigenvalue weighted by atomic mass is 10.0. The van der Waals surface area contributed by atoms with Gasteiger partial charge in [0, 0.05) is 33.4 Å². The molecule has 0 aliphatic carbocycles. The molecular weight excluding hydrogens is 367 g/mol. The maximum Gasteiger partial charge on any atom is 0.0921 e. The quantitative estimate of drug-likeness (QED) is 0.580. The van der Waals surface area contributed by atoms with E-state index in [0.717, 1.165) is 16.8 Å². The van der Waals surface area contributed by atoms with Gasteiger partial charge in [0.2, 0.25) is 0 Å². The summed E-state index contributed by atoms with van der Waals surface area (Å²) in [6, 6.07) is 13.0. The first-order chi connectivity index (χ1) is 11.6. The van der Waals surface area contributed by atoms with Crippen LogP contribution in [0.25, 0.3) is 0 Å². The Kier molecular flexibility index (Phi) is 5.80. The predicted molar refractivity (Wildman–Crippen MR) is 97.7 cm³/mol. The molecule has 2 aromatic carbocycles. The Morgan fingerprint density at radius 3 is 2.42 bits per heavy atom.